The minimum absolute atomic E-state index is 0.272. The van der Waals surface area contributed by atoms with E-state index in [0.717, 1.165) is 34.6 Å². The normalized spacial score (nSPS) is 10.5. The van der Waals surface area contributed by atoms with Crippen LogP contribution in [0.4, 0.5) is 16.2 Å². The highest BCUT2D eigenvalue weighted by molar-refractivity contribution is 9.10. The molecule has 0 saturated heterocycles. The van der Waals surface area contributed by atoms with Gasteiger partial charge in [0.25, 0.3) is 0 Å². The number of amides is 2. The first-order valence-electron chi connectivity index (χ1n) is 10.2. The van der Waals surface area contributed by atoms with Gasteiger partial charge in [-0.05, 0) is 48.9 Å². The van der Waals surface area contributed by atoms with Crippen LogP contribution >= 0.6 is 15.9 Å². The van der Waals surface area contributed by atoms with E-state index in [-0.39, 0.29) is 6.03 Å². The van der Waals surface area contributed by atoms with Crippen molar-refractivity contribution in [3.05, 3.63) is 53.0 Å². The smallest absolute Gasteiger partial charge is 0.323 e. The zero-order valence-corrected chi connectivity index (χ0v) is 18.3. The molecule has 2 aromatic rings. The van der Waals surface area contributed by atoms with Crippen molar-refractivity contribution < 1.29 is 9.53 Å². The second-order valence-electron chi connectivity index (χ2n) is 6.94. The van der Waals surface area contributed by atoms with Crippen molar-refractivity contribution in [1.82, 2.24) is 0 Å². The van der Waals surface area contributed by atoms with Gasteiger partial charge in [0.1, 0.15) is 5.75 Å². The number of hydrogen-bond acceptors (Lipinski definition) is 2. The van der Waals surface area contributed by atoms with Crippen LogP contribution in [0.2, 0.25) is 0 Å². The van der Waals surface area contributed by atoms with E-state index < -0.39 is 0 Å². The molecule has 2 amide bonds. The predicted octanol–water partition coefficient (Wildman–Crippen LogP) is 7.61. The van der Waals surface area contributed by atoms with Crippen LogP contribution in [0.15, 0.2) is 53.0 Å². The fourth-order valence-corrected chi connectivity index (χ4v) is 3.32. The molecule has 28 heavy (non-hydrogen) atoms. The number of hydrogen-bond donors (Lipinski definition) is 2. The summed E-state index contributed by atoms with van der Waals surface area (Å²) in [7, 11) is 0. The Hall–Kier alpha value is -2.01. The molecule has 2 aromatic carbocycles. The number of nitrogens with one attached hydrogen (secondary N) is 2. The topological polar surface area (TPSA) is 50.4 Å². The highest BCUT2D eigenvalue weighted by Crippen LogP contribution is 2.18. The SMILES string of the molecule is CCCCCCCCCCOc1ccc(NC(=O)Nc2cccc(Br)c2)cc1. The molecule has 5 heteroatoms. The molecule has 2 rings (SSSR count). The quantitative estimate of drug-likeness (QED) is 0.329. The molecular formula is C23H31BrN2O2. The van der Waals surface area contributed by atoms with E-state index in [2.05, 4.69) is 33.5 Å². The number of carbonyl (C=O) groups is 1. The van der Waals surface area contributed by atoms with Crippen molar-refractivity contribution in [2.24, 2.45) is 0 Å². The predicted molar refractivity (Wildman–Crippen MR) is 121 cm³/mol. The van der Waals surface area contributed by atoms with Crippen molar-refractivity contribution in [2.75, 3.05) is 17.2 Å². The maximum atomic E-state index is 12.1. The molecule has 0 unspecified atom stereocenters. The van der Waals surface area contributed by atoms with Gasteiger partial charge in [-0.15, -0.1) is 0 Å². The number of unbranched alkanes of at least 4 members (excludes halogenated alkanes) is 7. The number of ether oxygens (including phenoxy) is 1. The zero-order valence-electron chi connectivity index (χ0n) is 16.7. The van der Waals surface area contributed by atoms with Gasteiger partial charge in [0.15, 0.2) is 0 Å². The van der Waals surface area contributed by atoms with Crippen molar-refractivity contribution in [1.29, 1.82) is 0 Å². The van der Waals surface area contributed by atoms with Crippen LogP contribution in [-0.2, 0) is 0 Å². The summed E-state index contributed by atoms with van der Waals surface area (Å²) in [6.07, 6.45) is 10.3. The molecule has 0 spiro atoms. The molecule has 0 aliphatic carbocycles. The third-order valence-corrected chi connectivity index (χ3v) is 4.95. The van der Waals surface area contributed by atoms with Crippen molar-refractivity contribution in [3.8, 4) is 5.75 Å². The molecule has 0 aliphatic rings. The number of anilines is 2. The Morgan fingerprint density at radius 1 is 0.857 bits per heavy atom. The lowest BCUT2D eigenvalue weighted by atomic mass is 10.1. The van der Waals surface area contributed by atoms with Gasteiger partial charge in [-0.25, -0.2) is 4.79 Å². The molecule has 4 nitrogen and oxygen atoms in total. The molecule has 0 heterocycles. The monoisotopic (exact) mass is 446 g/mol. The van der Waals surface area contributed by atoms with E-state index in [1.54, 1.807) is 0 Å². The average Bonchev–Trinajstić information content (AvgIpc) is 2.68. The van der Waals surface area contributed by atoms with E-state index in [9.17, 15) is 4.79 Å². The molecule has 0 bridgehead atoms. The summed E-state index contributed by atoms with van der Waals surface area (Å²) in [6.45, 7) is 2.99. The maximum Gasteiger partial charge on any atom is 0.323 e. The van der Waals surface area contributed by atoms with E-state index in [0.29, 0.717) is 0 Å². The van der Waals surface area contributed by atoms with E-state index >= 15 is 0 Å². The van der Waals surface area contributed by atoms with Gasteiger partial charge in [-0.1, -0.05) is 73.9 Å². The fourth-order valence-electron chi connectivity index (χ4n) is 2.92. The number of carbonyl (C=O) groups excluding carboxylic acids is 1. The Bertz CT molecular complexity index is 704. The van der Waals surface area contributed by atoms with E-state index in [1.807, 2.05) is 48.5 Å². The molecule has 0 aromatic heterocycles. The number of rotatable bonds is 12. The van der Waals surface area contributed by atoms with Crippen LogP contribution in [0, 0.1) is 0 Å². The van der Waals surface area contributed by atoms with Gasteiger partial charge < -0.3 is 15.4 Å². The summed E-state index contributed by atoms with van der Waals surface area (Å²) in [6, 6.07) is 14.7. The minimum atomic E-state index is -0.272. The summed E-state index contributed by atoms with van der Waals surface area (Å²) in [4.78, 5) is 12.1. The molecule has 0 radical (unpaired) electrons. The van der Waals surface area contributed by atoms with Gasteiger partial charge in [-0.2, -0.15) is 0 Å². The van der Waals surface area contributed by atoms with Crippen LogP contribution in [0.5, 0.6) is 5.75 Å². The molecular weight excluding hydrogens is 416 g/mol. The molecule has 0 atom stereocenters. The largest absolute Gasteiger partial charge is 0.494 e. The van der Waals surface area contributed by atoms with E-state index in [1.165, 1.54) is 44.9 Å². The first kappa shape index (κ1) is 22.3. The van der Waals surface area contributed by atoms with Gasteiger partial charge in [0.2, 0.25) is 0 Å². The first-order chi connectivity index (χ1) is 13.7. The van der Waals surface area contributed by atoms with E-state index in [4.69, 9.17) is 4.74 Å². The number of benzene rings is 2. The van der Waals surface area contributed by atoms with Crippen molar-refractivity contribution in [3.63, 3.8) is 0 Å². The van der Waals surface area contributed by atoms with Crippen molar-refractivity contribution >= 4 is 33.3 Å². The summed E-state index contributed by atoms with van der Waals surface area (Å²) >= 11 is 3.39. The number of halogens is 1. The lowest BCUT2D eigenvalue weighted by Gasteiger charge is -2.10. The summed E-state index contributed by atoms with van der Waals surface area (Å²) in [5.74, 6) is 0.834. The third kappa shape index (κ3) is 9.27. The Kier molecular flexibility index (Phi) is 10.5. The zero-order chi connectivity index (χ0) is 20.0. The molecule has 0 aliphatic heterocycles. The molecule has 0 fully saturated rings. The second-order valence-corrected chi connectivity index (χ2v) is 7.85. The van der Waals surface area contributed by atoms with Crippen LogP contribution < -0.4 is 15.4 Å². The van der Waals surface area contributed by atoms with Crippen LogP contribution in [0.3, 0.4) is 0 Å². The van der Waals surface area contributed by atoms with Crippen LogP contribution in [0.1, 0.15) is 58.3 Å². The highest BCUT2D eigenvalue weighted by atomic mass is 79.9. The Labute approximate surface area is 177 Å². The second kappa shape index (κ2) is 13.2. The summed E-state index contributed by atoms with van der Waals surface area (Å²) < 4.78 is 6.71. The van der Waals surface area contributed by atoms with Gasteiger partial charge in [-0.3, -0.25) is 0 Å². The average molecular weight is 447 g/mol. The minimum Gasteiger partial charge on any atom is -0.494 e. The highest BCUT2D eigenvalue weighted by Gasteiger charge is 2.03. The Morgan fingerprint density at radius 3 is 2.18 bits per heavy atom. The Balaban J connectivity index is 1.61. The summed E-state index contributed by atoms with van der Waals surface area (Å²) in [5, 5.41) is 5.63. The first-order valence-corrected chi connectivity index (χ1v) is 11.0. The molecule has 0 saturated carbocycles. The standard InChI is InChI=1S/C23H31BrN2O2/c1-2-3-4-5-6-7-8-9-17-28-22-15-13-20(14-16-22)25-23(27)26-21-12-10-11-19(24)18-21/h10-16,18H,2-9,17H2,1H3,(H2,25,26,27). The lowest BCUT2D eigenvalue weighted by molar-refractivity contribution is 0.262. The molecule has 152 valence electrons. The fraction of sp³-hybridized carbons (Fsp3) is 0.435. The van der Waals surface area contributed by atoms with Crippen LogP contribution in [-0.4, -0.2) is 12.6 Å². The Morgan fingerprint density at radius 2 is 1.50 bits per heavy atom. The lowest BCUT2D eigenvalue weighted by Crippen LogP contribution is -2.19. The van der Waals surface area contributed by atoms with Gasteiger partial charge in [0, 0.05) is 15.8 Å². The van der Waals surface area contributed by atoms with Gasteiger partial charge >= 0.3 is 6.03 Å². The summed E-state index contributed by atoms with van der Waals surface area (Å²) in [5.41, 5.74) is 1.46. The number of urea groups is 1. The van der Waals surface area contributed by atoms with Gasteiger partial charge in [0.05, 0.1) is 6.61 Å². The third-order valence-electron chi connectivity index (χ3n) is 4.46. The van der Waals surface area contributed by atoms with Crippen molar-refractivity contribution in [2.45, 2.75) is 58.3 Å². The van der Waals surface area contributed by atoms with Crippen LogP contribution in [0.25, 0.3) is 0 Å². The molecule has 2 N–H and O–H groups in total. The maximum absolute atomic E-state index is 12.1.